The summed E-state index contributed by atoms with van der Waals surface area (Å²) in [6.07, 6.45) is 2.49. The Morgan fingerprint density at radius 3 is 2.55 bits per heavy atom. The van der Waals surface area contributed by atoms with Gasteiger partial charge in [-0.15, -0.1) is 0 Å². The maximum atomic E-state index is 8.76. The van der Waals surface area contributed by atoms with Gasteiger partial charge in [-0.25, -0.2) is 9.97 Å². The number of rotatable bonds is 0. The Balaban J connectivity index is 2.82. The van der Waals surface area contributed by atoms with Crippen LogP contribution in [0.5, 0.6) is 5.75 Å². The zero-order chi connectivity index (χ0) is 8.10. The molecule has 4 heteroatoms. The van der Waals surface area contributed by atoms with E-state index < -0.39 is 0 Å². The Kier molecular flexibility index (Phi) is 2.42. The van der Waals surface area contributed by atoms with Crippen LogP contribution in [0, 0.1) is 11.8 Å². The molecule has 0 unspecified atom stereocenters. The van der Waals surface area contributed by atoms with Crippen LogP contribution in [0.2, 0.25) is 0 Å². The maximum absolute atomic E-state index is 8.76. The lowest BCUT2D eigenvalue weighted by Gasteiger charge is -1.88. The van der Waals surface area contributed by atoms with Crippen LogP contribution in [-0.2, 0) is 0 Å². The smallest absolute Gasteiger partial charge is 0.205 e. The van der Waals surface area contributed by atoms with E-state index in [4.69, 9.17) is 10.2 Å². The van der Waals surface area contributed by atoms with Crippen LogP contribution in [0.1, 0.15) is 5.82 Å². The number of aliphatic hydroxyl groups excluding tert-OH is 1. The Bertz CT molecular complexity index is 284. The van der Waals surface area contributed by atoms with Gasteiger partial charge < -0.3 is 10.2 Å². The zero-order valence-corrected chi connectivity index (χ0v) is 5.65. The van der Waals surface area contributed by atoms with E-state index in [1.165, 1.54) is 12.4 Å². The largest absolute Gasteiger partial charge is 0.505 e. The van der Waals surface area contributed by atoms with Gasteiger partial charge in [0, 0.05) is 0 Å². The fourth-order valence-corrected chi connectivity index (χ4v) is 0.504. The van der Waals surface area contributed by atoms with Crippen LogP contribution in [0.3, 0.4) is 0 Å². The molecule has 0 saturated carbocycles. The fraction of sp³-hybridized carbons (Fsp3) is 0.143. The first kappa shape index (κ1) is 7.51. The van der Waals surface area contributed by atoms with E-state index in [-0.39, 0.29) is 18.2 Å². The first-order valence-electron chi connectivity index (χ1n) is 2.93. The van der Waals surface area contributed by atoms with Gasteiger partial charge in [0.15, 0.2) is 5.75 Å². The molecule has 0 atom stereocenters. The molecule has 1 heterocycles. The third-order valence-electron chi connectivity index (χ3n) is 0.917. The van der Waals surface area contributed by atoms with Gasteiger partial charge in [0.05, 0.1) is 12.4 Å². The second kappa shape index (κ2) is 3.54. The highest BCUT2D eigenvalue weighted by atomic mass is 16.3. The summed E-state index contributed by atoms with van der Waals surface area (Å²) in [7, 11) is 0. The predicted molar refractivity (Wildman–Crippen MR) is 37.7 cm³/mol. The SMILES string of the molecule is OCC#Cc1ncc(O)cn1. The molecule has 1 aromatic heterocycles. The summed E-state index contributed by atoms with van der Waals surface area (Å²) in [6, 6.07) is 0. The minimum absolute atomic E-state index is 0.000418. The number of aromatic hydroxyl groups is 1. The van der Waals surface area contributed by atoms with Crippen molar-refractivity contribution in [2.75, 3.05) is 6.61 Å². The summed E-state index contributed by atoms with van der Waals surface area (Å²) in [6.45, 7) is -0.218. The lowest BCUT2D eigenvalue weighted by atomic mass is 10.5. The molecule has 1 aromatic rings. The van der Waals surface area contributed by atoms with Crippen LogP contribution in [0.25, 0.3) is 0 Å². The molecule has 0 saturated heterocycles. The molecule has 0 fully saturated rings. The van der Waals surface area contributed by atoms with E-state index in [9.17, 15) is 0 Å². The minimum Gasteiger partial charge on any atom is -0.505 e. The number of aromatic nitrogens is 2. The molecular weight excluding hydrogens is 144 g/mol. The summed E-state index contributed by atoms with van der Waals surface area (Å²) in [4.78, 5) is 7.34. The molecule has 56 valence electrons. The van der Waals surface area contributed by atoms with Crippen molar-refractivity contribution in [2.45, 2.75) is 0 Å². The number of hydrogen-bond donors (Lipinski definition) is 2. The standard InChI is InChI=1S/C7H6N2O2/c10-3-1-2-7-8-4-6(11)5-9-7/h4-5,10-11H,3H2. The van der Waals surface area contributed by atoms with Gasteiger partial charge in [-0.2, -0.15) is 0 Å². The Morgan fingerprint density at radius 2 is 2.00 bits per heavy atom. The monoisotopic (exact) mass is 150 g/mol. The van der Waals surface area contributed by atoms with E-state index in [1.807, 2.05) is 0 Å². The normalized spacial score (nSPS) is 8.45. The molecule has 0 aliphatic carbocycles. The lowest BCUT2D eigenvalue weighted by Crippen LogP contribution is -1.86. The quantitative estimate of drug-likeness (QED) is 0.490. The van der Waals surface area contributed by atoms with Gasteiger partial charge in [-0.05, 0) is 5.92 Å². The second-order valence-corrected chi connectivity index (χ2v) is 1.72. The molecule has 0 radical (unpaired) electrons. The van der Waals surface area contributed by atoms with Gasteiger partial charge in [-0.1, -0.05) is 5.92 Å². The highest BCUT2D eigenvalue weighted by Gasteiger charge is 1.89. The average molecular weight is 150 g/mol. The molecule has 0 spiro atoms. The summed E-state index contributed by atoms with van der Waals surface area (Å²) < 4.78 is 0. The number of hydrogen-bond acceptors (Lipinski definition) is 4. The van der Waals surface area contributed by atoms with E-state index in [1.54, 1.807) is 0 Å². The molecule has 11 heavy (non-hydrogen) atoms. The lowest BCUT2D eigenvalue weighted by molar-refractivity contribution is 0.350. The van der Waals surface area contributed by atoms with Gasteiger partial charge in [0.1, 0.15) is 6.61 Å². The summed E-state index contributed by atoms with van der Waals surface area (Å²) in [5.41, 5.74) is 0. The van der Waals surface area contributed by atoms with Crippen molar-refractivity contribution in [1.82, 2.24) is 9.97 Å². The third kappa shape index (κ3) is 2.24. The Hall–Kier alpha value is -1.60. The van der Waals surface area contributed by atoms with Crippen molar-refractivity contribution >= 4 is 0 Å². The molecule has 0 aliphatic heterocycles. The molecular formula is C7H6N2O2. The summed E-state index contributed by atoms with van der Waals surface area (Å²) >= 11 is 0. The molecule has 0 bridgehead atoms. The van der Waals surface area contributed by atoms with Crippen molar-refractivity contribution in [1.29, 1.82) is 0 Å². The van der Waals surface area contributed by atoms with E-state index in [0.717, 1.165) is 0 Å². The highest BCUT2D eigenvalue weighted by molar-refractivity contribution is 5.22. The van der Waals surface area contributed by atoms with Crippen molar-refractivity contribution < 1.29 is 10.2 Å². The van der Waals surface area contributed by atoms with Gasteiger partial charge in [0.25, 0.3) is 0 Å². The molecule has 0 aromatic carbocycles. The Labute approximate surface area is 63.6 Å². The van der Waals surface area contributed by atoms with Gasteiger partial charge in [0.2, 0.25) is 5.82 Å². The van der Waals surface area contributed by atoms with E-state index in [0.29, 0.717) is 0 Å². The van der Waals surface area contributed by atoms with Crippen LogP contribution in [0.15, 0.2) is 12.4 Å². The first-order valence-corrected chi connectivity index (χ1v) is 2.93. The summed E-state index contributed by atoms with van der Waals surface area (Å²) in [5.74, 6) is 5.16. The molecule has 2 N–H and O–H groups in total. The number of aliphatic hydroxyl groups is 1. The molecule has 4 nitrogen and oxygen atoms in total. The van der Waals surface area contributed by atoms with Crippen LogP contribution in [-0.4, -0.2) is 26.8 Å². The van der Waals surface area contributed by atoms with Crippen LogP contribution in [0.4, 0.5) is 0 Å². The van der Waals surface area contributed by atoms with E-state index in [2.05, 4.69) is 21.8 Å². The highest BCUT2D eigenvalue weighted by Crippen LogP contribution is 2.00. The summed E-state index contributed by atoms with van der Waals surface area (Å²) in [5, 5.41) is 17.1. The Morgan fingerprint density at radius 1 is 1.36 bits per heavy atom. The third-order valence-corrected chi connectivity index (χ3v) is 0.917. The van der Waals surface area contributed by atoms with Crippen LogP contribution < -0.4 is 0 Å². The topological polar surface area (TPSA) is 66.2 Å². The van der Waals surface area contributed by atoms with Crippen LogP contribution >= 0.6 is 0 Å². The second-order valence-electron chi connectivity index (χ2n) is 1.72. The minimum atomic E-state index is -0.218. The van der Waals surface area contributed by atoms with Gasteiger partial charge in [-0.3, -0.25) is 0 Å². The van der Waals surface area contributed by atoms with Crippen molar-refractivity contribution in [3.05, 3.63) is 18.2 Å². The van der Waals surface area contributed by atoms with Crippen molar-refractivity contribution in [3.8, 4) is 17.6 Å². The molecule has 1 rings (SSSR count). The number of nitrogens with zero attached hydrogens (tertiary/aromatic N) is 2. The van der Waals surface area contributed by atoms with Crippen molar-refractivity contribution in [2.24, 2.45) is 0 Å². The average Bonchev–Trinajstić information content (AvgIpc) is 2.04. The first-order chi connectivity index (χ1) is 5.33. The zero-order valence-electron chi connectivity index (χ0n) is 5.65. The maximum Gasteiger partial charge on any atom is 0.205 e. The molecule has 0 amide bonds. The van der Waals surface area contributed by atoms with Gasteiger partial charge >= 0.3 is 0 Å². The predicted octanol–water partition coefficient (Wildman–Crippen LogP) is -0.474. The van der Waals surface area contributed by atoms with Crippen molar-refractivity contribution in [3.63, 3.8) is 0 Å². The van der Waals surface area contributed by atoms with E-state index >= 15 is 0 Å². The molecule has 0 aliphatic rings. The fourth-order valence-electron chi connectivity index (χ4n) is 0.504.